The molecule has 0 heterocycles. The zero-order chi connectivity index (χ0) is 10.8. The van der Waals surface area contributed by atoms with E-state index in [4.69, 9.17) is 5.26 Å². The standard InChI is InChI=1S/C8H4F3NOS/c9-8(10,11)13-7-3-6(14)2-1-5(7)4-12/h1-3,14H. The Labute approximate surface area is 83.3 Å². The average molecular weight is 219 g/mol. The van der Waals surface area contributed by atoms with Crippen molar-refractivity contribution in [3.05, 3.63) is 23.8 Å². The first kappa shape index (κ1) is 10.7. The van der Waals surface area contributed by atoms with Crippen molar-refractivity contribution >= 4 is 12.6 Å². The molecule has 0 aliphatic carbocycles. The molecule has 1 aromatic rings. The summed E-state index contributed by atoms with van der Waals surface area (Å²) in [6, 6.07) is 5.24. The zero-order valence-corrected chi connectivity index (χ0v) is 7.56. The lowest BCUT2D eigenvalue weighted by molar-refractivity contribution is -0.274. The quantitative estimate of drug-likeness (QED) is 0.736. The lowest BCUT2D eigenvalue weighted by atomic mass is 10.2. The average Bonchev–Trinajstić information content (AvgIpc) is 2.01. The molecule has 2 nitrogen and oxygen atoms in total. The van der Waals surface area contributed by atoms with Crippen LogP contribution in [0.25, 0.3) is 0 Å². The van der Waals surface area contributed by atoms with Gasteiger partial charge in [0.1, 0.15) is 11.8 Å². The fourth-order valence-electron chi connectivity index (χ4n) is 0.813. The molecule has 1 rings (SSSR count). The lowest BCUT2D eigenvalue weighted by Crippen LogP contribution is -2.17. The SMILES string of the molecule is N#Cc1ccc(S)cc1OC(F)(F)F. The highest BCUT2D eigenvalue weighted by molar-refractivity contribution is 7.80. The molecule has 0 N–H and O–H groups in total. The fraction of sp³-hybridized carbons (Fsp3) is 0.125. The van der Waals surface area contributed by atoms with Crippen molar-refractivity contribution in [2.75, 3.05) is 0 Å². The number of thiol groups is 1. The van der Waals surface area contributed by atoms with E-state index >= 15 is 0 Å². The van der Waals surface area contributed by atoms with Crippen molar-refractivity contribution in [3.8, 4) is 11.8 Å². The number of nitrogens with zero attached hydrogens (tertiary/aromatic N) is 1. The number of alkyl halides is 3. The maximum absolute atomic E-state index is 11.8. The second-order valence-corrected chi connectivity index (χ2v) is 2.86. The topological polar surface area (TPSA) is 33.0 Å². The van der Waals surface area contributed by atoms with Crippen molar-refractivity contribution in [2.24, 2.45) is 0 Å². The van der Waals surface area contributed by atoms with Crippen LogP contribution >= 0.6 is 12.6 Å². The molecule has 74 valence electrons. The van der Waals surface area contributed by atoms with Crippen LogP contribution in [0.4, 0.5) is 13.2 Å². The van der Waals surface area contributed by atoms with E-state index in [1.165, 1.54) is 12.1 Å². The van der Waals surface area contributed by atoms with Gasteiger partial charge in [0, 0.05) is 4.90 Å². The van der Waals surface area contributed by atoms with Gasteiger partial charge in [0.05, 0.1) is 5.56 Å². The molecular formula is C8H4F3NOS. The second kappa shape index (κ2) is 3.80. The summed E-state index contributed by atoms with van der Waals surface area (Å²) in [5, 5.41) is 8.48. The van der Waals surface area contributed by atoms with Gasteiger partial charge in [-0.25, -0.2) is 0 Å². The first-order valence-corrected chi connectivity index (χ1v) is 3.86. The summed E-state index contributed by atoms with van der Waals surface area (Å²) in [7, 11) is 0. The van der Waals surface area contributed by atoms with E-state index < -0.39 is 12.1 Å². The number of hydrogen-bond donors (Lipinski definition) is 1. The highest BCUT2D eigenvalue weighted by atomic mass is 32.1. The summed E-state index contributed by atoms with van der Waals surface area (Å²) in [6.07, 6.45) is -4.80. The molecule has 0 bridgehead atoms. The predicted octanol–water partition coefficient (Wildman–Crippen LogP) is 2.75. The Kier molecular flexibility index (Phi) is 2.91. The summed E-state index contributed by atoms with van der Waals surface area (Å²) in [4.78, 5) is 0.295. The molecule has 0 saturated heterocycles. The number of nitriles is 1. The molecule has 14 heavy (non-hydrogen) atoms. The molecule has 0 aliphatic heterocycles. The summed E-state index contributed by atoms with van der Waals surface area (Å²) >= 11 is 3.83. The largest absolute Gasteiger partial charge is 0.573 e. The second-order valence-electron chi connectivity index (χ2n) is 2.34. The Morgan fingerprint density at radius 3 is 2.50 bits per heavy atom. The van der Waals surface area contributed by atoms with Crippen LogP contribution in [0.2, 0.25) is 0 Å². The third-order valence-corrected chi connectivity index (χ3v) is 1.59. The molecule has 0 spiro atoms. The smallest absolute Gasteiger partial charge is 0.404 e. The zero-order valence-electron chi connectivity index (χ0n) is 6.67. The van der Waals surface area contributed by atoms with Crippen LogP contribution in [-0.2, 0) is 0 Å². The van der Waals surface area contributed by atoms with Crippen LogP contribution in [-0.4, -0.2) is 6.36 Å². The first-order chi connectivity index (χ1) is 6.42. The van der Waals surface area contributed by atoms with Crippen molar-refractivity contribution < 1.29 is 17.9 Å². The summed E-state index contributed by atoms with van der Waals surface area (Å²) in [6.45, 7) is 0. The van der Waals surface area contributed by atoms with Crippen molar-refractivity contribution in [1.29, 1.82) is 5.26 Å². The minimum atomic E-state index is -4.80. The summed E-state index contributed by atoms with van der Waals surface area (Å²) in [5.74, 6) is -0.535. The Hall–Kier alpha value is -1.35. The van der Waals surface area contributed by atoms with Crippen LogP contribution in [0.15, 0.2) is 23.1 Å². The molecule has 0 unspecified atom stereocenters. The van der Waals surface area contributed by atoms with Gasteiger partial charge in [-0.2, -0.15) is 5.26 Å². The van der Waals surface area contributed by atoms with Crippen LogP contribution in [0, 0.1) is 11.3 Å². The normalized spacial score (nSPS) is 10.8. The molecule has 0 saturated carbocycles. The maximum Gasteiger partial charge on any atom is 0.573 e. The summed E-state index contributed by atoms with van der Waals surface area (Å²) in [5.41, 5.74) is -0.180. The van der Waals surface area contributed by atoms with E-state index in [9.17, 15) is 13.2 Å². The number of rotatable bonds is 1. The number of benzene rings is 1. The molecular weight excluding hydrogens is 215 g/mol. The van der Waals surface area contributed by atoms with Gasteiger partial charge in [0.25, 0.3) is 0 Å². The van der Waals surface area contributed by atoms with Crippen molar-refractivity contribution in [2.45, 2.75) is 11.3 Å². The van der Waals surface area contributed by atoms with Crippen molar-refractivity contribution in [3.63, 3.8) is 0 Å². The third-order valence-electron chi connectivity index (χ3n) is 1.31. The molecule has 0 aliphatic rings. The molecule has 0 amide bonds. The van der Waals surface area contributed by atoms with Gasteiger partial charge >= 0.3 is 6.36 Å². The van der Waals surface area contributed by atoms with Gasteiger partial charge in [-0.05, 0) is 18.2 Å². The van der Waals surface area contributed by atoms with Gasteiger partial charge < -0.3 is 4.74 Å². The van der Waals surface area contributed by atoms with Crippen LogP contribution in [0.1, 0.15) is 5.56 Å². The predicted molar refractivity (Wildman–Crippen MR) is 45.1 cm³/mol. The molecule has 0 radical (unpaired) electrons. The van der Waals surface area contributed by atoms with Gasteiger partial charge in [-0.3, -0.25) is 0 Å². The number of halogens is 3. The monoisotopic (exact) mass is 219 g/mol. The highest BCUT2D eigenvalue weighted by Gasteiger charge is 2.32. The first-order valence-electron chi connectivity index (χ1n) is 3.41. The van der Waals surface area contributed by atoms with Gasteiger partial charge in [0.15, 0.2) is 0 Å². The van der Waals surface area contributed by atoms with Gasteiger partial charge in [-0.1, -0.05) is 0 Å². The van der Waals surface area contributed by atoms with E-state index in [2.05, 4.69) is 17.4 Å². The maximum atomic E-state index is 11.8. The Bertz CT molecular complexity index is 383. The van der Waals surface area contributed by atoms with E-state index in [1.54, 1.807) is 6.07 Å². The Balaban J connectivity index is 3.07. The van der Waals surface area contributed by atoms with E-state index in [0.29, 0.717) is 4.90 Å². The van der Waals surface area contributed by atoms with Crippen LogP contribution in [0.3, 0.4) is 0 Å². The molecule has 6 heteroatoms. The van der Waals surface area contributed by atoms with Crippen molar-refractivity contribution in [1.82, 2.24) is 0 Å². The third kappa shape index (κ3) is 2.85. The molecule has 0 atom stereocenters. The molecule has 0 aromatic heterocycles. The van der Waals surface area contributed by atoms with E-state index in [1.807, 2.05) is 0 Å². The Morgan fingerprint density at radius 1 is 1.36 bits per heavy atom. The van der Waals surface area contributed by atoms with Gasteiger partial charge in [0.2, 0.25) is 0 Å². The van der Waals surface area contributed by atoms with Gasteiger partial charge in [-0.15, -0.1) is 25.8 Å². The molecule has 0 fully saturated rings. The van der Waals surface area contributed by atoms with Crippen LogP contribution in [0.5, 0.6) is 5.75 Å². The van der Waals surface area contributed by atoms with E-state index in [0.717, 1.165) is 6.07 Å². The number of hydrogen-bond acceptors (Lipinski definition) is 3. The van der Waals surface area contributed by atoms with Crippen LogP contribution < -0.4 is 4.74 Å². The summed E-state index contributed by atoms with van der Waals surface area (Å²) < 4.78 is 39.1. The molecule has 1 aromatic carbocycles. The highest BCUT2D eigenvalue weighted by Crippen LogP contribution is 2.27. The lowest BCUT2D eigenvalue weighted by Gasteiger charge is -2.10. The fourth-order valence-corrected chi connectivity index (χ4v) is 1.00. The number of ether oxygens (including phenoxy) is 1. The minimum absolute atomic E-state index is 0.180. The Morgan fingerprint density at radius 2 is 2.00 bits per heavy atom. The van der Waals surface area contributed by atoms with E-state index in [-0.39, 0.29) is 5.56 Å². The minimum Gasteiger partial charge on any atom is -0.404 e.